The SMILES string of the molecule is COC(=O)CCCNC(=O)C(F)F. The number of hydrogen-bond acceptors (Lipinski definition) is 3. The molecule has 0 unspecified atom stereocenters. The van der Waals surface area contributed by atoms with E-state index >= 15 is 0 Å². The fourth-order valence-corrected chi connectivity index (χ4v) is 0.624. The molecule has 0 aromatic carbocycles. The number of carbonyl (C=O) groups is 2. The van der Waals surface area contributed by atoms with Crippen LogP contribution in [0, 0.1) is 0 Å². The minimum absolute atomic E-state index is 0.0538. The monoisotopic (exact) mass is 195 g/mol. The summed E-state index contributed by atoms with van der Waals surface area (Å²) in [5.41, 5.74) is 0. The molecule has 0 fully saturated rings. The van der Waals surface area contributed by atoms with E-state index in [1.54, 1.807) is 0 Å². The van der Waals surface area contributed by atoms with E-state index in [9.17, 15) is 18.4 Å². The Morgan fingerprint density at radius 3 is 2.54 bits per heavy atom. The number of alkyl halides is 2. The molecule has 0 rings (SSSR count). The average molecular weight is 195 g/mol. The van der Waals surface area contributed by atoms with E-state index in [4.69, 9.17) is 0 Å². The molecule has 0 aromatic rings. The first kappa shape index (κ1) is 11.8. The maximum Gasteiger partial charge on any atom is 0.315 e. The zero-order valence-electron chi connectivity index (χ0n) is 7.18. The Kier molecular flexibility index (Phi) is 5.75. The molecule has 76 valence electrons. The second-order valence-corrected chi connectivity index (χ2v) is 2.27. The van der Waals surface area contributed by atoms with Crippen LogP contribution in [0.4, 0.5) is 8.78 Å². The molecule has 13 heavy (non-hydrogen) atoms. The van der Waals surface area contributed by atoms with E-state index in [1.807, 2.05) is 5.32 Å². The van der Waals surface area contributed by atoms with Gasteiger partial charge in [0.1, 0.15) is 0 Å². The second kappa shape index (κ2) is 6.33. The van der Waals surface area contributed by atoms with Crippen molar-refractivity contribution in [1.82, 2.24) is 5.32 Å². The van der Waals surface area contributed by atoms with Crippen LogP contribution in [0.1, 0.15) is 12.8 Å². The molecule has 0 spiro atoms. The number of carbonyl (C=O) groups excluding carboxylic acids is 2. The molecular formula is C7H11F2NO3. The first-order valence-corrected chi connectivity index (χ1v) is 3.70. The van der Waals surface area contributed by atoms with E-state index in [2.05, 4.69) is 4.74 Å². The Balaban J connectivity index is 3.36. The lowest BCUT2D eigenvalue weighted by Crippen LogP contribution is -2.30. The summed E-state index contributed by atoms with van der Waals surface area (Å²) in [5, 5.41) is 1.96. The van der Waals surface area contributed by atoms with Gasteiger partial charge in [0, 0.05) is 13.0 Å². The number of halogens is 2. The Labute approximate surface area is 74.2 Å². The Bertz CT molecular complexity index is 185. The summed E-state index contributed by atoms with van der Waals surface area (Å²) in [6.45, 7) is 0.0538. The lowest BCUT2D eigenvalue weighted by atomic mass is 10.3. The second-order valence-electron chi connectivity index (χ2n) is 2.27. The van der Waals surface area contributed by atoms with Gasteiger partial charge >= 0.3 is 12.4 Å². The first-order chi connectivity index (χ1) is 6.07. The van der Waals surface area contributed by atoms with Gasteiger partial charge in [0.25, 0.3) is 5.91 Å². The van der Waals surface area contributed by atoms with Gasteiger partial charge in [-0.25, -0.2) is 0 Å². The highest BCUT2D eigenvalue weighted by Gasteiger charge is 2.13. The Morgan fingerprint density at radius 2 is 2.08 bits per heavy atom. The summed E-state index contributed by atoms with van der Waals surface area (Å²) in [5.74, 6) is -1.74. The number of ether oxygens (including phenoxy) is 1. The van der Waals surface area contributed by atoms with Crippen LogP contribution in [-0.4, -0.2) is 32.0 Å². The van der Waals surface area contributed by atoms with Crippen molar-refractivity contribution in [1.29, 1.82) is 0 Å². The smallest absolute Gasteiger partial charge is 0.315 e. The molecular weight excluding hydrogens is 184 g/mol. The highest BCUT2D eigenvalue weighted by molar-refractivity contribution is 5.79. The molecule has 6 heteroatoms. The number of nitrogens with one attached hydrogen (secondary N) is 1. The Morgan fingerprint density at radius 1 is 1.46 bits per heavy atom. The quantitative estimate of drug-likeness (QED) is 0.507. The van der Waals surface area contributed by atoms with Crippen molar-refractivity contribution in [2.75, 3.05) is 13.7 Å². The van der Waals surface area contributed by atoms with E-state index in [1.165, 1.54) is 7.11 Å². The number of esters is 1. The van der Waals surface area contributed by atoms with Crippen LogP contribution >= 0.6 is 0 Å². The van der Waals surface area contributed by atoms with Gasteiger partial charge in [-0.15, -0.1) is 0 Å². The summed E-state index contributed by atoms with van der Waals surface area (Å²) >= 11 is 0. The van der Waals surface area contributed by atoms with E-state index in [0.29, 0.717) is 6.42 Å². The molecule has 0 aliphatic carbocycles. The molecule has 0 aliphatic heterocycles. The first-order valence-electron chi connectivity index (χ1n) is 3.70. The largest absolute Gasteiger partial charge is 0.469 e. The fraction of sp³-hybridized carbons (Fsp3) is 0.714. The normalized spacial score (nSPS) is 9.85. The predicted octanol–water partition coefficient (Wildman–Crippen LogP) is 0.321. The minimum Gasteiger partial charge on any atom is -0.469 e. The lowest BCUT2D eigenvalue weighted by molar-refractivity contribution is -0.141. The maximum absolute atomic E-state index is 11.6. The van der Waals surface area contributed by atoms with Gasteiger partial charge in [-0.05, 0) is 6.42 Å². The van der Waals surface area contributed by atoms with Crippen molar-refractivity contribution in [2.45, 2.75) is 19.3 Å². The maximum atomic E-state index is 11.6. The highest BCUT2D eigenvalue weighted by Crippen LogP contribution is 1.93. The summed E-state index contributed by atoms with van der Waals surface area (Å²) in [6.07, 6.45) is -2.59. The summed E-state index contributed by atoms with van der Waals surface area (Å²) in [4.78, 5) is 20.8. The predicted molar refractivity (Wildman–Crippen MR) is 40.3 cm³/mol. The molecule has 0 aliphatic rings. The molecule has 0 heterocycles. The van der Waals surface area contributed by atoms with E-state index in [-0.39, 0.29) is 13.0 Å². The number of methoxy groups -OCH3 is 1. The highest BCUT2D eigenvalue weighted by atomic mass is 19.3. The molecule has 1 N–H and O–H groups in total. The van der Waals surface area contributed by atoms with Gasteiger partial charge in [0.15, 0.2) is 0 Å². The Hall–Kier alpha value is -1.20. The average Bonchev–Trinajstić information content (AvgIpc) is 2.11. The van der Waals surface area contributed by atoms with E-state index < -0.39 is 18.3 Å². The van der Waals surface area contributed by atoms with Crippen molar-refractivity contribution < 1.29 is 23.1 Å². The van der Waals surface area contributed by atoms with Crippen molar-refractivity contribution in [3.8, 4) is 0 Å². The van der Waals surface area contributed by atoms with Crippen LogP contribution in [-0.2, 0) is 14.3 Å². The van der Waals surface area contributed by atoms with Crippen LogP contribution in [0.5, 0.6) is 0 Å². The van der Waals surface area contributed by atoms with Crippen LogP contribution in [0.25, 0.3) is 0 Å². The van der Waals surface area contributed by atoms with Crippen molar-refractivity contribution in [3.05, 3.63) is 0 Å². The fourth-order valence-electron chi connectivity index (χ4n) is 0.624. The number of rotatable bonds is 5. The van der Waals surface area contributed by atoms with Gasteiger partial charge in [-0.3, -0.25) is 9.59 Å². The minimum atomic E-state index is -3.00. The van der Waals surface area contributed by atoms with Crippen LogP contribution in [0.15, 0.2) is 0 Å². The third kappa shape index (κ3) is 6.01. The lowest BCUT2D eigenvalue weighted by Gasteiger charge is -2.02. The topological polar surface area (TPSA) is 55.4 Å². The molecule has 1 amide bonds. The van der Waals surface area contributed by atoms with Crippen molar-refractivity contribution in [2.24, 2.45) is 0 Å². The van der Waals surface area contributed by atoms with Crippen LogP contribution in [0.3, 0.4) is 0 Å². The van der Waals surface area contributed by atoms with E-state index in [0.717, 1.165) is 0 Å². The molecule has 4 nitrogen and oxygen atoms in total. The standard InChI is InChI=1S/C7H11F2NO3/c1-13-5(11)3-2-4-10-7(12)6(8)9/h6H,2-4H2,1H3,(H,10,12). The van der Waals surface area contributed by atoms with Gasteiger partial charge in [-0.1, -0.05) is 0 Å². The van der Waals surface area contributed by atoms with Crippen molar-refractivity contribution in [3.63, 3.8) is 0 Å². The summed E-state index contributed by atoms with van der Waals surface area (Å²) in [7, 11) is 1.24. The number of hydrogen-bond donors (Lipinski definition) is 1. The van der Waals surface area contributed by atoms with Gasteiger partial charge in [0.05, 0.1) is 7.11 Å². The van der Waals surface area contributed by atoms with Crippen LogP contribution in [0.2, 0.25) is 0 Å². The molecule has 0 radical (unpaired) electrons. The molecule has 0 saturated heterocycles. The van der Waals surface area contributed by atoms with Crippen molar-refractivity contribution >= 4 is 11.9 Å². The zero-order chi connectivity index (χ0) is 10.3. The molecule has 0 saturated carbocycles. The van der Waals surface area contributed by atoms with Gasteiger partial charge in [0.2, 0.25) is 0 Å². The molecule has 0 aromatic heterocycles. The van der Waals surface area contributed by atoms with Crippen LogP contribution < -0.4 is 5.32 Å². The van der Waals surface area contributed by atoms with Gasteiger partial charge < -0.3 is 10.1 Å². The number of amides is 1. The molecule has 0 atom stereocenters. The third-order valence-electron chi connectivity index (χ3n) is 1.28. The molecule has 0 bridgehead atoms. The summed E-state index contributed by atoms with van der Waals surface area (Å²) < 4.78 is 27.5. The zero-order valence-corrected chi connectivity index (χ0v) is 7.18. The van der Waals surface area contributed by atoms with Gasteiger partial charge in [-0.2, -0.15) is 8.78 Å². The summed E-state index contributed by atoms with van der Waals surface area (Å²) in [6, 6.07) is 0. The third-order valence-corrected chi connectivity index (χ3v) is 1.28.